The van der Waals surface area contributed by atoms with E-state index in [1.165, 1.54) is 0 Å². The third-order valence-corrected chi connectivity index (χ3v) is 5.09. The van der Waals surface area contributed by atoms with Crippen molar-refractivity contribution in [3.8, 4) is 0 Å². The van der Waals surface area contributed by atoms with Gasteiger partial charge in [0, 0.05) is 27.3 Å². The van der Waals surface area contributed by atoms with E-state index in [4.69, 9.17) is 20.3 Å². The summed E-state index contributed by atoms with van der Waals surface area (Å²) in [6, 6.07) is 1.07. The lowest BCUT2D eigenvalue weighted by molar-refractivity contribution is 0.244. The summed E-state index contributed by atoms with van der Waals surface area (Å²) in [4.78, 5) is 0. The van der Waals surface area contributed by atoms with Crippen molar-refractivity contribution in [2.24, 2.45) is 17.4 Å². The van der Waals surface area contributed by atoms with Gasteiger partial charge in [0.1, 0.15) is 0 Å². The molecule has 0 saturated carbocycles. The molecule has 0 bridgehead atoms. The number of hydrogen-bond acceptors (Lipinski definition) is 4. The molecule has 0 unspecified atom stereocenters. The van der Waals surface area contributed by atoms with Crippen LogP contribution in [0.25, 0.3) is 0 Å². The number of nitrogens with two attached hydrogens (primary N) is 2. The number of hydrogen-bond donors (Lipinski definition) is 2. The molecular weight excluding hydrogens is 196 g/mol. The van der Waals surface area contributed by atoms with Crippen molar-refractivity contribution < 1.29 is 8.85 Å². The minimum absolute atomic E-state index is 0.597. The summed E-state index contributed by atoms with van der Waals surface area (Å²) in [5.41, 5.74) is 9.81. The molecule has 0 aromatic carbocycles. The Morgan fingerprint density at radius 1 is 1.07 bits per heavy atom. The van der Waals surface area contributed by atoms with Gasteiger partial charge in [-0.2, -0.15) is 0 Å². The molecule has 0 heterocycles. The second-order valence-corrected chi connectivity index (χ2v) is 7.21. The molecule has 4 N–H and O–H groups in total. The summed E-state index contributed by atoms with van der Waals surface area (Å²) in [6.45, 7) is 7.65. The average Bonchev–Trinajstić information content (AvgIpc) is 2.17. The molecule has 0 aliphatic carbocycles. The van der Waals surface area contributed by atoms with Gasteiger partial charge >= 0.3 is 8.56 Å². The normalized spacial score (nSPS) is 11.1. The zero-order chi connectivity index (χ0) is 11.6. The minimum atomic E-state index is -1.76. The Morgan fingerprint density at radius 3 is 1.50 bits per heavy atom. The van der Waals surface area contributed by atoms with E-state index in [9.17, 15) is 0 Å². The maximum absolute atomic E-state index is 5.31. The second kappa shape index (κ2) is 9.61. The maximum Gasteiger partial charge on any atom is 0.334 e. The molecule has 0 aliphatic heterocycles. The van der Waals surface area contributed by atoms with E-state index in [-0.39, 0.29) is 0 Å². The van der Waals surface area contributed by atoms with Crippen molar-refractivity contribution in [3.05, 3.63) is 0 Å². The van der Waals surface area contributed by atoms with Crippen molar-refractivity contribution in [3.63, 3.8) is 0 Å². The van der Waals surface area contributed by atoms with Crippen LogP contribution in [0, 0.1) is 5.92 Å². The molecule has 0 fully saturated rings. The standard InChI is InChI=1S/C7H18O2Si.C2H8N2/c1-7(2)6-10(5,8-3)9-4;3-1-2-4/h7H,6H2,1-5H3;1-4H2. The van der Waals surface area contributed by atoms with Crippen molar-refractivity contribution >= 4 is 8.56 Å². The zero-order valence-corrected chi connectivity index (χ0v) is 11.2. The maximum atomic E-state index is 5.31. The van der Waals surface area contributed by atoms with Crippen LogP contribution in [0.4, 0.5) is 0 Å². The Kier molecular flexibility index (Phi) is 11.3. The molecule has 5 heteroatoms. The van der Waals surface area contributed by atoms with Gasteiger partial charge in [-0.1, -0.05) is 13.8 Å². The first-order chi connectivity index (χ1) is 6.45. The first-order valence-corrected chi connectivity index (χ1v) is 7.48. The Morgan fingerprint density at radius 2 is 1.43 bits per heavy atom. The van der Waals surface area contributed by atoms with Crippen molar-refractivity contribution in [2.45, 2.75) is 26.4 Å². The average molecular weight is 222 g/mol. The fourth-order valence-electron chi connectivity index (χ4n) is 0.992. The van der Waals surface area contributed by atoms with Gasteiger partial charge in [0.25, 0.3) is 0 Å². The molecule has 0 spiro atoms. The lowest BCUT2D eigenvalue weighted by atomic mass is 10.3. The Hall–Kier alpha value is 0.0569. The van der Waals surface area contributed by atoms with Crippen LogP contribution in [-0.2, 0) is 8.85 Å². The molecule has 0 rings (SSSR count). The van der Waals surface area contributed by atoms with Crippen molar-refractivity contribution in [2.75, 3.05) is 27.3 Å². The van der Waals surface area contributed by atoms with Crippen LogP contribution < -0.4 is 11.5 Å². The van der Waals surface area contributed by atoms with Gasteiger partial charge in [-0.05, 0) is 18.5 Å². The summed E-state index contributed by atoms with van der Waals surface area (Å²) < 4.78 is 10.6. The van der Waals surface area contributed by atoms with Crippen molar-refractivity contribution in [1.29, 1.82) is 0 Å². The quantitative estimate of drug-likeness (QED) is 0.678. The molecule has 0 radical (unpaired) electrons. The van der Waals surface area contributed by atoms with E-state index < -0.39 is 8.56 Å². The van der Waals surface area contributed by atoms with Gasteiger partial charge in [-0.3, -0.25) is 0 Å². The largest absolute Gasteiger partial charge is 0.398 e. The first kappa shape index (κ1) is 16.5. The fourth-order valence-corrected chi connectivity index (χ4v) is 2.97. The second-order valence-electron chi connectivity index (χ2n) is 3.72. The third-order valence-electron chi connectivity index (χ3n) is 1.81. The van der Waals surface area contributed by atoms with E-state index >= 15 is 0 Å². The molecule has 0 saturated heterocycles. The fraction of sp³-hybridized carbons (Fsp3) is 1.00. The van der Waals surface area contributed by atoms with Crippen LogP contribution in [0.1, 0.15) is 13.8 Å². The Labute approximate surface area is 89.2 Å². The summed E-state index contributed by atoms with van der Waals surface area (Å²) in [5, 5.41) is 0. The van der Waals surface area contributed by atoms with Gasteiger partial charge in [0.2, 0.25) is 0 Å². The van der Waals surface area contributed by atoms with Gasteiger partial charge in [0.15, 0.2) is 0 Å². The zero-order valence-electron chi connectivity index (χ0n) is 10.2. The summed E-state index contributed by atoms with van der Waals surface area (Å²) in [7, 11) is 1.71. The minimum Gasteiger partial charge on any atom is -0.398 e. The van der Waals surface area contributed by atoms with E-state index in [0.29, 0.717) is 19.0 Å². The van der Waals surface area contributed by atoms with Crippen LogP contribution in [0.3, 0.4) is 0 Å². The summed E-state index contributed by atoms with van der Waals surface area (Å²) >= 11 is 0. The van der Waals surface area contributed by atoms with Crippen molar-refractivity contribution in [1.82, 2.24) is 0 Å². The lowest BCUT2D eigenvalue weighted by Crippen LogP contribution is -2.37. The predicted molar refractivity (Wildman–Crippen MR) is 63.4 cm³/mol. The topological polar surface area (TPSA) is 70.5 Å². The van der Waals surface area contributed by atoms with Crippen LogP contribution in [0.15, 0.2) is 0 Å². The van der Waals surface area contributed by atoms with Crippen LogP contribution in [0.5, 0.6) is 0 Å². The van der Waals surface area contributed by atoms with Gasteiger partial charge in [-0.25, -0.2) is 0 Å². The van der Waals surface area contributed by atoms with Crippen LogP contribution in [0.2, 0.25) is 12.6 Å². The van der Waals surface area contributed by atoms with Gasteiger partial charge in [0.05, 0.1) is 0 Å². The highest BCUT2D eigenvalue weighted by Crippen LogP contribution is 2.16. The highest BCUT2D eigenvalue weighted by Gasteiger charge is 2.29. The first-order valence-electron chi connectivity index (χ1n) is 4.96. The highest BCUT2D eigenvalue weighted by atomic mass is 28.4. The SMILES string of the molecule is CO[Si](C)(CC(C)C)OC.NCCN. The summed E-state index contributed by atoms with van der Waals surface area (Å²) in [5.74, 6) is 0.663. The van der Waals surface area contributed by atoms with Gasteiger partial charge < -0.3 is 20.3 Å². The third kappa shape index (κ3) is 10.1. The molecule has 0 aromatic rings. The molecule has 0 aromatic heterocycles. The molecule has 88 valence electrons. The van der Waals surface area contributed by atoms with Crippen LogP contribution >= 0.6 is 0 Å². The van der Waals surface area contributed by atoms with E-state index in [1.54, 1.807) is 14.2 Å². The Balaban J connectivity index is 0. The monoisotopic (exact) mass is 222 g/mol. The molecular formula is C9H26N2O2Si. The number of rotatable bonds is 5. The molecule has 0 aliphatic rings. The lowest BCUT2D eigenvalue weighted by Gasteiger charge is -2.24. The molecule has 14 heavy (non-hydrogen) atoms. The smallest absolute Gasteiger partial charge is 0.334 e. The molecule has 4 nitrogen and oxygen atoms in total. The Bertz CT molecular complexity index is 117. The summed E-state index contributed by atoms with van der Waals surface area (Å²) in [6.07, 6.45) is 0. The van der Waals surface area contributed by atoms with E-state index in [1.807, 2.05) is 0 Å². The molecule has 0 atom stereocenters. The predicted octanol–water partition coefficient (Wildman–Crippen LogP) is 0.911. The van der Waals surface area contributed by atoms with Crippen LogP contribution in [-0.4, -0.2) is 35.9 Å². The van der Waals surface area contributed by atoms with E-state index in [0.717, 1.165) is 6.04 Å². The highest BCUT2D eigenvalue weighted by molar-refractivity contribution is 6.65. The van der Waals surface area contributed by atoms with Gasteiger partial charge in [-0.15, -0.1) is 0 Å². The molecule has 0 amide bonds. The van der Waals surface area contributed by atoms with E-state index in [2.05, 4.69) is 20.4 Å².